The summed E-state index contributed by atoms with van der Waals surface area (Å²) in [6.45, 7) is 11.1. The van der Waals surface area contributed by atoms with Crippen molar-refractivity contribution >= 4 is 5.97 Å². The molecule has 2 unspecified atom stereocenters. The number of morpholine rings is 1. The van der Waals surface area contributed by atoms with Crippen LogP contribution in [0.15, 0.2) is 0 Å². The molecule has 0 radical (unpaired) electrons. The largest absolute Gasteiger partial charge is 0.468 e. The first-order valence-electron chi connectivity index (χ1n) is 8.02. The first kappa shape index (κ1) is 16.7. The lowest BCUT2D eigenvalue weighted by atomic mass is 9.95. The van der Waals surface area contributed by atoms with Gasteiger partial charge >= 0.3 is 5.97 Å². The normalized spacial score (nSPS) is 33.3. The van der Waals surface area contributed by atoms with Gasteiger partial charge in [-0.2, -0.15) is 0 Å². The zero-order valence-corrected chi connectivity index (χ0v) is 14.1. The number of nitrogens with one attached hydrogen (secondary N) is 1. The SMILES string of the molecule is COC(=O)C1(NC(C)C)CCC(N2CCOC(C)(C)C2)C1. The van der Waals surface area contributed by atoms with Crippen LogP contribution >= 0.6 is 0 Å². The summed E-state index contributed by atoms with van der Waals surface area (Å²) in [6, 6.07) is 0.697. The molecule has 0 amide bonds. The van der Waals surface area contributed by atoms with Crippen LogP contribution in [0.1, 0.15) is 47.0 Å². The molecule has 2 atom stereocenters. The smallest absolute Gasteiger partial charge is 0.326 e. The topological polar surface area (TPSA) is 50.8 Å². The number of hydrogen-bond donors (Lipinski definition) is 1. The van der Waals surface area contributed by atoms with Crippen LogP contribution in [0, 0.1) is 0 Å². The highest BCUT2D eigenvalue weighted by Crippen LogP contribution is 2.36. The third kappa shape index (κ3) is 3.76. The summed E-state index contributed by atoms with van der Waals surface area (Å²) in [4.78, 5) is 14.8. The lowest BCUT2D eigenvalue weighted by molar-refractivity contribution is -0.149. The number of carbonyl (C=O) groups is 1. The molecule has 2 aliphatic rings. The number of methoxy groups -OCH3 is 1. The van der Waals surface area contributed by atoms with Crippen LogP contribution in [0.3, 0.4) is 0 Å². The van der Waals surface area contributed by atoms with Crippen molar-refractivity contribution in [3.8, 4) is 0 Å². The summed E-state index contributed by atoms with van der Waals surface area (Å²) in [7, 11) is 1.48. The molecule has 5 heteroatoms. The third-order valence-corrected chi connectivity index (χ3v) is 4.60. The zero-order chi connectivity index (χ0) is 15.7. The summed E-state index contributed by atoms with van der Waals surface area (Å²) in [5.41, 5.74) is -0.615. The predicted octanol–water partition coefficient (Wildman–Crippen LogP) is 1.56. The van der Waals surface area contributed by atoms with Crippen molar-refractivity contribution in [2.45, 2.75) is 70.2 Å². The van der Waals surface area contributed by atoms with Gasteiger partial charge < -0.3 is 9.47 Å². The van der Waals surface area contributed by atoms with Gasteiger partial charge in [0.15, 0.2) is 0 Å². The van der Waals surface area contributed by atoms with Gasteiger partial charge in [-0.15, -0.1) is 0 Å². The highest BCUT2D eigenvalue weighted by molar-refractivity contribution is 5.81. The van der Waals surface area contributed by atoms with Crippen molar-refractivity contribution in [3.05, 3.63) is 0 Å². The van der Waals surface area contributed by atoms with Gasteiger partial charge in [0.1, 0.15) is 5.54 Å². The van der Waals surface area contributed by atoms with Gasteiger partial charge in [0.25, 0.3) is 0 Å². The minimum Gasteiger partial charge on any atom is -0.468 e. The summed E-state index contributed by atoms with van der Waals surface area (Å²) >= 11 is 0. The third-order valence-electron chi connectivity index (χ3n) is 4.60. The van der Waals surface area contributed by atoms with Crippen LogP contribution in [0.4, 0.5) is 0 Å². The van der Waals surface area contributed by atoms with E-state index in [1.807, 2.05) is 0 Å². The van der Waals surface area contributed by atoms with Gasteiger partial charge in [-0.1, -0.05) is 0 Å². The number of carbonyl (C=O) groups excluding carboxylic acids is 1. The van der Waals surface area contributed by atoms with Crippen molar-refractivity contribution in [1.29, 1.82) is 0 Å². The lowest BCUT2D eigenvalue weighted by Gasteiger charge is -2.41. The van der Waals surface area contributed by atoms with E-state index in [4.69, 9.17) is 9.47 Å². The van der Waals surface area contributed by atoms with Gasteiger partial charge in [0, 0.05) is 25.2 Å². The number of esters is 1. The number of nitrogens with zero attached hydrogens (tertiary/aromatic N) is 1. The Kier molecular flexibility index (Phi) is 4.96. The molecule has 0 aromatic heterocycles. The van der Waals surface area contributed by atoms with E-state index in [2.05, 4.69) is 37.9 Å². The predicted molar refractivity (Wildman–Crippen MR) is 82.3 cm³/mol. The molecular weight excluding hydrogens is 268 g/mol. The zero-order valence-electron chi connectivity index (χ0n) is 14.1. The van der Waals surface area contributed by atoms with Gasteiger partial charge in [-0.3, -0.25) is 15.0 Å². The molecule has 0 aromatic carbocycles. The van der Waals surface area contributed by atoms with Gasteiger partial charge in [0.05, 0.1) is 19.3 Å². The van der Waals surface area contributed by atoms with E-state index in [1.54, 1.807) is 0 Å². The fourth-order valence-corrected chi connectivity index (χ4v) is 3.82. The Morgan fingerprint density at radius 1 is 1.43 bits per heavy atom. The van der Waals surface area contributed by atoms with Crippen LogP contribution in [0.2, 0.25) is 0 Å². The molecule has 0 bridgehead atoms. The second-order valence-corrected chi connectivity index (χ2v) is 7.35. The first-order chi connectivity index (χ1) is 9.78. The molecule has 1 N–H and O–H groups in total. The van der Waals surface area contributed by atoms with Crippen molar-refractivity contribution in [3.63, 3.8) is 0 Å². The minimum atomic E-state index is -0.518. The molecule has 2 rings (SSSR count). The summed E-state index contributed by atoms with van der Waals surface area (Å²) in [5.74, 6) is -0.119. The highest BCUT2D eigenvalue weighted by atomic mass is 16.5. The van der Waals surface area contributed by atoms with E-state index in [0.717, 1.165) is 39.0 Å². The number of ether oxygens (including phenoxy) is 2. The van der Waals surface area contributed by atoms with Crippen LogP contribution in [-0.2, 0) is 14.3 Å². The molecule has 1 aliphatic carbocycles. The molecule has 2 fully saturated rings. The Morgan fingerprint density at radius 3 is 2.71 bits per heavy atom. The average molecular weight is 298 g/mol. The Labute approximate surface area is 128 Å². The Morgan fingerprint density at radius 2 is 2.14 bits per heavy atom. The Balaban J connectivity index is 2.07. The first-order valence-corrected chi connectivity index (χ1v) is 8.02. The molecule has 5 nitrogen and oxygen atoms in total. The monoisotopic (exact) mass is 298 g/mol. The number of rotatable bonds is 4. The minimum absolute atomic E-state index is 0.0970. The second kappa shape index (κ2) is 6.23. The van der Waals surface area contributed by atoms with Crippen LogP contribution in [0.25, 0.3) is 0 Å². The molecule has 1 heterocycles. The average Bonchev–Trinajstić information content (AvgIpc) is 2.81. The molecule has 1 saturated carbocycles. The van der Waals surface area contributed by atoms with Crippen molar-refractivity contribution in [2.75, 3.05) is 26.8 Å². The molecule has 0 aromatic rings. The molecule has 0 spiro atoms. The van der Waals surface area contributed by atoms with E-state index in [-0.39, 0.29) is 17.6 Å². The highest BCUT2D eigenvalue weighted by Gasteiger charge is 2.48. The maximum absolute atomic E-state index is 12.3. The lowest BCUT2D eigenvalue weighted by Crippen LogP contribution is -2.56. The molecule has 122 valence electrons. The van der Waals surface area contributed by atoms with Crippen molar-refractivity contribution < 1.29 is 14.3 Å². The molecule has 1 aliphatic heterocycles. The van der Waals surface area contributed by atoms with Crippen LogP contribution in [-0.4, -0.2) is 60.9 Å². The van der Waals surface area contributed by atoms with Gasteiger partial charge in [-0.25, -0.2) is 0 Å². The summed E-state index contributed by atoms with van der Waals surface area (Å²) in [6.07, 6.45) is 2.71. The van der Waals surface area contributed by atoms with Crippen molar-refractivity contribution in [1.82, 2.24) is 10.2 Å². The van der Waals surface area contributed by atoms with E-state index in [0.29, 0.717) is 6.04 Å². The quantitative estimate of drug-likeness (QED) is 0.798. The van der Waals surface area contributed by atoms with E-state index in [1.165, 1.54) is 7.11 Å². The standard InChI is InChI=1S/C16H30N2O3/c1-12(2)17-16(14(19)20-5)7-6-13(10-16)18-8-9-21-15(3,4)11-18/h12-13,17H,6-11H2,1-5H3. The van der Waals surface area contributed by atoms with Gasteiger partial charge in [0.2, 0.25) is 0 Å². The summed E-state index contributed by atoms with van der Waals surface area (Å²) < 4.78 is 10.9. The van der Waals surface area contributed by atoms with Gasteiger partial charge in [-0.05, 0) is 47.0 Å². The van der Waals surface area contributed by atoms with Crippen LogP contribution < -0.4 is 5.32 Å². The maximum atomic E-state index is 12.3. The maximum Gasteiger partial charge on any atom is 0.326 e. The second-order valence-electron chi connectivity index (χ2n) is 7.35. The fraction of sp³-hybridized carbons (Fsp3) is 0.938. The molecule has 21 heavy (non-hydrogen) atoms. The number of hydrogen-bond acceptors (Lipinski definition) is 5. The van der Waals surface area contributed by atoms with E-state index < -0.39 is 5.54 Å². The molecular formula is C16H30N2O3. The summed E-state index contributed by atoms with van der Waals surface area (Å²) in [5, 5.41) is 3.46. The van der Waals surface area contributed by atoms with Crippen molar-refractivity contribution in [2.24, 2.45) is 0 Å². The van der Waals surface area contributed by atoms with E-state index >= 15 is 0 Å². The van der Waals surface area contributed by atoms with E-state index in [9.17, 15) is 4.79 Å². The van der Waals surface area contributed by atoms with Crippen LogP contribution in [0.5, 0.6) is 0 Å². The Hall–Kier alpha value is -0.650. The fourth-order valence-electron chi connectivity index (χ4n) is 3.82. The molecule has 1 saturated heterocycles. The Bertz CT molecular complexity index is 384.